The molecule has 2 saturated heterocycles. The summed E-state index contributed by atoms with van der Waals surface area (Å²) in [5.74, 6) is 3.71. The maximum Gasteiger partial charge on any atom is 0.123 e. The normalized spacial score (nSPS) is 41.9. The number of hydrogen-bond acceptors (Lipinski definition) is 5. The van der Waals surface area contributed by atoms with E-state index in [9.17, 15) is 5.11 Å². The lowest BCUT2D eigenvalue weighted by molar-refractivity contribution is -0.291. The van der Waals surface area contributed by atoms with Gasteiger partial charge in [0.25, 0.3) is 0 Å². The van der Waals surface area contributed by atoms with Crippen molar-refractivity contribution in [2.45, 2.75) is 121 Å². The number of anilines is 1. The van der Waals surface area contributed by atoms with Gasteiger partial charge in [-0.1, -0.05) is 19.9 Å². The molecule has 3 aliphatic carbocycles. The van der Waals surface area contributed by atoms with Crippen LogP contribution in [-0.4, -0.2) is 33.4 Å². The van der Waals surface area contributed by atoms with Crippen LogP contribution in [0.4, 0.5) is 5.82 Å². The topological polar surface area (TPSA) is 94.4 Å². The van der Waals surface area contributed by atoms with Crippen molar-refractivity contribution in [3.63, 3.8) is 0 Å². The highest BCUT2D eigenvalue weighted by molar-refractivity contribution is 5.29. The summed E-state index contributed by atoms with van der Waals surface area (Å²) in [5.41, 5.74) is 14.0. The number of ether oxygens (including phenoxy) is 1. The first-order chi connectivity index (χ1) is 17.0. The second kappa shape index (κ2) is 9.54. The van der Waals surface area contributed by atoms with E-state index in [0.29, 0.717) is 35.4 Å². The van der Waals surface area contributed by atoms with Crippen molar-refractivity contribution in [1.29, 1.82) is 0 Å². The summed E-state index contributed by atoms with van der Waals surface area (Å²) in [4.78, 5) is 4.39. The van der Waals surface area contributed by atoms with Gasteiger partial charge in [0.05, 0.1) is 11.2 Å². The van der Waals surface area contributed by atoms with Gasteiger partial charge in [-0.2, -0.15) is 0 Å². The van der Waals surface area contributed by atoms with Crippen molar-refractivity contribution in [3.05, 3.63) is 23.9 Å². The van der Waals surface area contributed by atoms with Crippen molar-refractivity contribution in [1.82, 2.24) is 4.98 Å². The van der Waals surface area contributed by atoms with Gasteiger partial charge < -0.3 is 21.3 Å². The zero-order valence-electron chi connectivity index (χ0n) is 23.3. The highest BCUT2D eigenvalue weighted by Gasteiger charge is 2.64. The molecule has 3 saturated carbocycles. The Labute approximate surface area is 219 Å². The molecule has 2 bridgehead atoms. The first-order valence-corrected chi connectivity index (χ1v) is 14.8. The van der Waals surface area contributed by atoms with Crippen LogP contribution in [0.2, 0.25) is 0 Å². The molecule has 0 radical (unpaired) electrons. The molecule has 5 N–H and O–H groups in total. The van der Waals surface area contributed by atoms with Crippen molar-refractivity contribution in [3.8, 4) is 0 Å². The molecule has 5 fully saturated rings. The van der Waals surface area contributed by atoms with Crippen LogP contribution in [0.15, 0.2) is 18.3 Å². The first-order valence-electron chi connectivity index (χ1n) is 14.8. The van der Waals surface area contributed by atoms with Crippen molar-refractivity contribution in [2.24, 2.45) is 40.7 Å². The lowest BCUT2D eigenvalue weighted by atomic mass is 9.51. The number of pyridine rings is 1. The predicted molar refractivity (Wildman–Crippen MR) is 146 cm³/mol. The van der Waals surface area contributed by atoms with E-state index < -0.39 is 0 Å². The van der Waals surface area contributed by atoms with Gasteiger partial charge in [0.2, 0.25) is 0 Å². The van der Waals surface area contributed by atoms with E-state index in [0.717, 1.165) is 37.5 Å². The fourth-order valence-corrected chi connectivity index (χ4v) is 9.87. The third-order valence-electron chi connectivity index (χ3n) is 10.8. The number of rotatable bonds is 7. The molecular weight excluding hydrogens is 446 g/mol. The van der Waals surface area contributed by atoms with Crippen molar-refractivity contribution < 1.29 is 9.84 Å². The molecule has 5 heteroatoms. The average molecular weight is 498 g/mol. The summed E-state index contributed by atoms with van der Waals surface area (Å²) in [6, 6.07) is 4.12. The smallest absolute Gasteiger partial charge is 0.123 e. The number of aliphatic hydroxyl groups is 1. The standard InChI is InChI=1S/C31H51N3O2/c1-21(2)13-22-7-9-29(16-22)17-24(14-23-5-6-27(32)34-19-23)15-25(18-29)31-10-8-26(28(3,4)36-31)30(33,20-31)11-12-35/h5-6,19,21-22,24-26,35H,7-18,20,33H2,1-4H3,(H2,32,34)/t22-,24-,25-,26-,29+,30-,31-/m0/s1. The largest absolute Gasteiger partial charge is 0.396 e. The van der Waals surface area contributed by atoms with Gasteiger partial charge in [-0.3, -0.25) is 0 Å². The Morgan fingerprint density at radius 2 is 1.89 bits per heavy atom. The van der Waals surface area contributed by atoms with Gasteiger partial charge in [0, 0.05) is 24.3 Å². The minimum Gasteiger partial charge on any atom is -0.396 e. The van der Waals surface area contributed by atoms with Crippen LogP contribution in [0.3, 0.4) is 0 Å². The molecule has 202 valence electrons. The first kappa shape index (κ1) is 26.4. The number of hydrogen-bond donors (Lipinski definition) is 3. The molecule has 2 aliphatic heterocycles. The Bertz CT molecular complexity index is 917. The third-order valence-corrected chi connectivity index (χ3v) is 10.8. The van der Waals surface area contributed by atoms with Gasteiger partial charge in [0.1, 0.15) is 5.82 Å². The molecule has 7 atom stereocenters. The fourth-order valence-electron chi connectivity index (χ4n) is 9.87. The SMILES string of the molecule is CC(C)C[C@@H]1CC[C@@]2(C1)C[C@@H](Cc1ccc(N)nc1)C[C@H]([C@@]13CC[C@@H](C(C)(C)O1)[C@](N)(CCO)C3)C2. The number of nitrogens with two attached hydrogens (primary N) is 2. The summed E-state index contributed by atoms with van der Waals surface area (Å²) in [5, 5.41) is 9.93. The monoisotopic (exact) mass is 497 g/mol. The number of nitrogen functional groups attached to an aromatic ring is 1. The second-order valence-corrected chi connectivity index (χ2v) is 14.5. The quantitative estimate of drug-likeness (QED) is 0.437. The van der Waals surface area contributed by atoms with Gasteiger partial charge in [-0.05, 0) is 132 Å². The van der Waals surface area contributed by atoms with E-state index in [1.165, 1.54) is 50.5 Å². The van der Waals surface area contributed by atoms with Crippen LogP contribution in [0.1, 0.15) is 104 Å². The summed E-state index contributed by atoms with van der Waals surface area (Å²) in [6.45, 7) is 9.44. The van der Waals surface area contributed by atoms with Crippen LogP contribution in [-0.2, 0) is 11.2 Å². The highest BCUT2D eigenvalue weighted by atomic mass is 16.5. The maximum absolute atomic E-state index is 9.93. The minimum atomic E-state index is -0.328. The van der Waals surface area contributed by atoms with Crippen LogP contribution in [0.25, 0.3) is 0 Å². The zero-order valence-corrected chi connectivity index (χ0v) is 23.3. The number of fused-ring (bicyclic) bond motifs is 3. The lowest BCUT2D eigenvalue weighted by Crippen LogP contribution is -2.72. The molecule has 3 heterocycles. The van der Waals surface area contributed by atoms with Crippen molar-refractivity contribution in [2.75, 3.05) is 12.3 Å². The number of nitrogens with zero attached hydrogens (tertiary/aromatic N) is 1. The molecule has 6 rings (SSSR count). The summed E-state index contributed by atoms with van der Waals surface area (Å²) < 4.78 is 7.16. The highest BCUT2D eigenvalue weighted by Crippen LogP contribution is 2.64. The van der Waals surface area contributed by atoms with E-state index in [4.69, 9.17) is 16.2 Å². The number of aliphatic hydroxyl groups excluding tert-OH is 1. The van der Waals surface area contributed by atoms with Crippen LogP contribution >= 0.6 is 0 Å². The fraction of sp³-hybridized carbons (Fsp3) is 0.839. The molecule has 1 aromatic rings. The van der Waals surface area contributed by atoms with E-state index in [-0.39, 0.29) is 23.3 Å². The Morgan fingerprint density at radius 1 is 1.11 bits per heavy atom. The lowest BCUT2D eigenvalue weighted by Gasteiger charge is -2.66. The Kier molecular flexibility index (Phi) is 7.00. The molecule has 5 aliphatic rings. The second-order valence-electron chi connectivity index (χ2n) is 14.5. The molecule has 5 nitrogen and oxygen atoms in total. The Balaban J connectivity index is 1.45. The van der Waals surface area contributed by atoms with Crippen molar-refractivity contribution >= 4 is 5.82 Å². The molecule has 36 heavy (non-hydrogen) atoms. The molecule has 1 aromatic heterocycles. The van der Waals surface area contributed by atoms with Crippen LogP contribution < -0.4 is 11.5 Å². The predicted octanol–water partition coefficient (Wildman–Crippen LogP) is 5.88. The van der Waals surface area contributed by atoms with E-state index in [1.807, 2.05) is 12.3 Å². The summed E-state index contributed by atoms with van der Waals surface area (Å²) >= 11 is 0. The van der Waals surface area contributed by atoms with Gasteiger partial charge in [0.15, 0.2) is 0 Å². The van der Waals surface area contributed by atoms with Crippen LogP contribution in [0.5, 0.6) is 0 Å². The average Bonchev–Trinajstić information content (AvgIpc) is 3.14. The Hall–Kier alpha value is -1.17. The van der Waals surface area contributed by atoms with Crippen LogP contribution in [0, 0.1) is 35.0 Å². The van der Waals surface area contributed by atoms with E-state index in [1.54, 1.807) is 0 Å². The summed E-state index contributed by atoms with van der Waals surface area (Å²) in [6.07, 6.45) is 16.2. The number of aromatic nitrogens is 1. The van der Waals surface area contributed by atoms with Gasteiger partial charge in [-0.25, -0.2) is 4.98 Å². The zero-order chi connectivity index (χ0) is 25.8. The third kappa shape index (κ3) is 4.97. The van der Waals surface area contributed by atoms with Gasteiger partial charge in [-0.15, -0.1) is 0 Å². The van der Waals surface area contributed by atoms with E-state index in [2.05, 4.69) is 38.7 Å². The molecule has 0 aromatic carbocycles. The molecule has 1 spiro atoms. The molecule has 0 unspecified atom stereocenters. The van der Waals surface area contributed by atoms with Gasteiger partial charge >= 0.3 is 0 Å². The minimum absolute atomic E-state index is 0.163. The summed E-state index contributed by atoms with van der Waals surface area (Å²) in [7, 11) is 0. The Morgan fingerprint density at radius 3 is 2.56 bits per heavy atom. The maximum atomic E-state index is 9.93. The molecule has 0 amide bonds. The molecular formula is C31H51N3O2. The van der Waals surface area contributed by atoms with E-state index >= 15 is 0 Å².